The fourth-order valence-corrected chi connectivity index (χ4v) is 4.62. The van der Waals surface area contributed by atoms with Crippen molar-refractivity contribution in [2.75, 3.05) is 26.5 Å². The molecule has 0 N–H and O–H groups in total. The van der Waals surface area contributed by atoms with Crippen molar-refractivity contribution in [3.63, 3.8) is 0 Å². The largest absolute Gasteiger partial charge is 0.497 e. The van der Waals surface area contributed by atoms with Gasteiger partial charge in [0.05, 0.1) is 7.11 Å². The summed E-state index contributed by atoms with van der Waals surface area (Å²) in [7, 11) is -1.38. The highest BCUT2D eigenvalue weighted by Gasteiger charge is 2.34. The maximum Gasteiger partial charge on any atom is 0.171 e. The maximum atomic E-state index is 11.9. The van der Waals surface area contributed by atoms with Gasteiger partial charge in [0.2, 0.25) is 0 Å². The normalized spacial score (nSPS) is 18.7. The standard InChI is InChI=1S/C21H29NO3S/c1-21(2,11-10-16-6-5-7-19(12-16)25-3)22-14-17-8-9-20(26(4,23)24)13-18(17)15-22/h5-7,12-13H,8-11,14-15H2,1-4H3. The highest BCUT2D eigenvalue weighted by atomic mass is 32.2. The number of hydrogen-bond acceptors (Lipinski definition) is 4. The summed E-state index contributed by atoms with van der Waals surface area (Å²) in [6, 6.07) is 8.25. The summed E-state index contributed by atoms with van der Waals surface area (Å²) in [4.78, 5) is 3.08. The lowest BCUT2D eigenvalue weighted by Gasteiger charge is -2.36. The summed E-state index contributed by atoms with van der Waals surface area (Å²) < 4.78 is 29.0. The number of hydrogen-bond donors (Lipinski definition) is 0. The third-order valence-electron chi connectivity index (χ3n) is 5.70. The lowest BCUT2D eigenvalue weighted by atomic mass is 9.93. The number of nitrogens with zero attached hydrogens (tertiary/aromatic N) is 1. The van der Waals surface area contributed by atoms with E-state index in [2.05, 4.69) is 30.9 Å². The Kier molecular flexibility index (Phi) is 5.31. The molecular formula is C21H29NO3S. The number of rotatable bonds is 6. The van der Waals surface area contributed by atoms with Gasteiger partial charge in [0.15, 0.2) is 9.84 Å². The first-order chi connectivity index (χ1) is 12.2. The van der Waals surface area contributed by atoms with E-state index in [0.717, 1.165) is 38.1 Å². The molecule has 0 unspecified atom stereocenters. The average molecular weight is 376 g/mol. The van der Waals surface area contributed by atoms with Crippen LogP contribution in [0.3, 0.4) is 0 Å². The van der Waals surface area contributed by atoms with Gasteiger partial charge < -0.3 is 4.74 Å². The molecule has 0 saturated heterocycles. The van der Waals surface area contributed by atoms with Crippen molar-refractivity contribution in [3.05, 3.63) is 52.0 Å². The van der Waals surface area contributed by atoms with Gasteiger partial charge in [-0.1, -0.05) is 17.7 Å². The number of benzene rings is 1. The molecule has 0 radical (unpaired) electrons. The molecule has 1 aromatic carbocycles. The van der Waals surface area contributed by atoms with Gasteiger partial charge in [-0.3, -0.25) is 4.90 Å². The van der Waals surface area contributed by atoms with Crippen LogP contribution in [0.1, 0.15) is 38.7 Å². The van der Waals surface area contributed by atoms with E-state index in [4.69, 9.17) is 4.74 Å². The SMILES string of the molecule is COc1cccc(CCC(C)(C)N2CC3=C(CCC(S(C)(=O)=O)=C3)C2)c1. The Labute approximate surface area is 157 Å². The van der Waals surface area contributed by atoms with Crippen LogP contribution in [0.2, 0.25) is 0 Å². The fraction of sp³-hybridized carbons (Fsp3) is 0.524. The van der Waals surface area contributed by atoms with Crippen molar-refractivity contribution in [2.24, 2.45) is 0 Å². The smallest absolute Gasteiger partial charge is 0.171 e. The zero-order valence-corrected chi connectivity index (χ0v) is 17.0. The monoisotopic (exact) mass is 375 g/mol. The third kappa shape index (κ3) is 4.21. The predicted octanol–water partition coefficient (Wildman–Crippen LogP) is 3.74. The molecule has 0 aromatic heterocycles. The van der Waals surface area contributed by atoms with Gasteiger partial charge in [-0.2, -0.15) is 0 Å². The van der Waals surface area contributed by atoms with Crippen molar-refractivity contribution < 1.29 is 13.2 Å². The quantitative estimate of drug-likeness (QED) is 0.760. The van der Waals surface area contributed by atoms with Crippen molar-refractivity contribution in [1.82, 2.24) is 4.90 Å². The second-order valence-electron chi connectivity index (χ2n) is 8.03. The molecule has 0 saturated carbocycles. The van der Waals surface area contributed by atoms with Crippen LogP contribution >= 0.6 is 0 Å². The van der Waals surface area contributed by atoms with E-state index < -0.39 is 9.84 Å². The van der Waals surface area contributed by atoms with Crippen molar-refractivity contribution >= 4 is 9.84 Å². The molecule has 1 aliphatic carbocycles. The van der Waals surface area contributed by atoms with Crippen molar-refractivity contribution in [1.29, 1.82) is 0 Å². The first kappa shape index (κ1) is 19.2. The Balaban J connectivity index is 1.66. The van der Waals surface area contributed by atoms with E-state index in [0.29, 0.717) is 11.3 Å². The van der Waals surface area contributed by atoms with E-state index in [1.165, 1.54) is 23.0 Å². The van der Waals surface area contributed by atoms with Gasteiger partial charge in [-0.05, 0) is 68.9 Å². The highest BCUT2D eigenvalue weighted by Crippen LogP contribution is 2.36. The highest BCUT2D eigenvalue weighted by molar-refractivity contribution is 7.94. The molecular weight excluding hydrogens is 346 g/mol. The number of sulfone groups is 1. The summed E-state index contributed by atoms with van der Waals surface area (Å²) in [6.45, 7) is 6.37. The van der Waals surface area contributed by atoms with Gasteiger partial charge in [-0.15, -0.1) is 0 Å². The molecule has 0 atom stereocenters. The Morgan fingerprint density at radius 1 is 1.19 bits per heavy atom. The first-order valence-corrected chi connectivity index (χ1v) is 11.1. The minimum Gasteiger partial charge on any atom is -0.497 e. The van der Waals surface area contributed by atoms with Crippen LogP contribution in [-0.4, -0.2) is 45.3 Å². The molecule has 4 nitrogen and oxygen atoms in total. The summed E-state index contributed by atoms with van der Waals surface area (Å²) in [5.41, 5.74) is 3.96. The van der Waals surface area contributed by atoms with Crippen LogP contribution in [0.4, 0.5) is 0 Å². The van der Waals surface area contributed by atoms with E-state index >= 15 is 0 Å². The minimum absolute atomic E-state index is 0.0551. The van der Waals surface area contributed by atoms with E-state index in [-0.39, 0.29) is 5.54 Å². The summed E-state index contributed by atoms with van der Waals surface area (Å²) in [6.07, 6.45) is 6.80. The van der Waals surface area contributed by atoms with Crippen LogP contribution in [0.25, 0.3) is 0 Å². The molecule has 0 spiro atoms. The van der Waals surface area contributed by atoms with Crippen LogP contribution < -0.4 is 4.74 Å². The summed E-state index contributed by atoms with van der Waals surface area (Å²) in [5, 5.41) is 0. The Morgan fingerprint density at radius 3 is 2.65 bits per heavy atom. The van der Waals surface area contributed by atoms with Gasteiger partial charge in [0, 0.05) is 29.8 Å². The zero-order valence-electron chi connectivity index (χ0n) is 16.2. The second kappa shape index (κ2) is 7.20. The topological polar surface area (TPSA) is 46.6 Å². The summed E-state index contributed by atoms with van der Waals surface area (Å²) in [5.74, 6) is 0.900. The van der Waals surface area contributed by atoms with Crippen LogP contribution in [0.15, 0.2) is 46.4 Å². The van der Waals surface area contributed by atoms with Crippen LogP contribution in [-0.2, 0) is 16.3 Å². The molecule has 1 heterocycles. The average Bonchev–Trinajstić information content (AvgIpc) is 3.04. The fourth-order valence-electron chi connectivity index (χ4n) is 3.79. The van der Waals surface area contributed by atoms with Gasteiger partial charge in [-0.25, -0.2) is 8.42 Å². The Morgan fingerprint density at radius 2 is 1.96 bits per heavy atom. The molecule has 0 fully saturated rings. The van der Waals surface area contributed by atoms with E-state index in [1.807, 2.05) is 18.2 Å². The van der Waals surface area contributed by atoms with Gasteiger partial charge in [0.25, 0.3) is 0 Å². The van der Waals surface area contributed by atoms with Gasteiger partial charge in [0.1, 0.15) is 5.75 Å². The Bertz CT molecular complexity index is 850. The van der Waals surface area contributed by atoms with Gasteiger partial charge >= 0.3 is 0 Å². The minimum atomic E-state index is -3.07. The maximum absolute atomic E-state index is 11.9. The van der Waals surface area contributed by atoms with Crippen molar-refractivity contribution in [3.8, 4) is 5.75 Å². The second-order valence-corrected chi connectivity index (χ2v) is 10.1. The predicted molar refractivity (Wildman–Crippen MR) is 106 cm³/mol. The number of methoxy groups -OCH3 is 1. The number of allylic oxidation sites excluding steroid dienone is 1. The van der Waals surface area contributed by atoms with Crippen LogP contribution in [0.5, 0.6) is 5.75 Å². The lowest BCUT2D eigenvalue weighted by molar-refractivity contribution is 0.148. The molecule has 142 valence electrons. The summed E-state index contributed by atoms with van der Waals surface area (Å²) >= 11 is 0. The Hall–Kier alpha value is -1.59. The van der Waals surface area contributed by atoms with Crippen LogP contribution in [0, 0.1) is 0 Å². The molecule has 5 heteroatoms. The first-order valence-electron chi connectivity index (χ1n) is 9.18. The molecule has 1 aliphatic heterocycles. The third-order valence-corrected chi connectivity index (χ3v) is 6.97. The molecule has 0 amide bonds. The molecule has 1 aromatic rings. The molecule has 2 aliphatic rings. The van der Waals surface area contributed by atoms with E-state index in [1.54, 1.807) is 7.11 Å². The zero-order chi connectivity index (χ0) is 18.9. The molecule has 3 rings (SSSR count). The number of aryl methyl sites for hydroxylation is 1. The lowest BCUT2D eigenvalue weighted by Crippen LogP contribution is -2.43. The molecule has 26 heavy (non-hydrogen) atoms. The van der Waals surface area contributed by atoms with Crippen molar-refractivity contribution in [2.45, 2.75) is 45.1 Å². The van der Waals surface area contributed by atoms with E-state index in [9.17, 15) is 8.42 Å². The molecule has 0 bridgehead atoms. The number of ether oxygens (including phenoxy) is 1.